The second kappa shape index (κ2) is 6.31. The average Bonchev–Trinajstić information content (AvgIpc) is 2.69. The lowest BCUT2D eigenvalue weighted by atomic mass is 9.54. The number of hydrogen-bond acceptors (Lipinski definition) is 0. The first-order valence-corrected chi connectivity index (χ1v) is 9.18. The van der Waals surface area contributed by atoms with Crippen LogP contribution in [0.15, 0.2) is 24.3 Å². The fraction of sp³-hybridized carbons (Fsp3) is 0.810. The maximum atomic E-state index is 4.09. The zero-order chi connectivity index (χ0) is 15.7. The van der Waals surface area contributed by atoms with Gasteiger partial charge in [-0.3, -0.25) is 0 Å². The van der Waals surface area contributed by atoms with Crippen LogP contribution in [-0.2, 0) is 0 Å². The molecule has 0 aromatic heterocycles. The van der Waals surface area contributed by atoms with E-state index in [1.165, 1.54) is 50.5 Å². The van der Waals surface area contributed by atoms with Crippen molar-refractivity contribution in [2.75, 3.05) is 0 Å². The van der Waals surface area contributed by atoms with Crippen LogP contribution in [0.4, 0.5) is 0 Å². The summed E-state index contributed by atoms with van der Waals surface area (Å²) in [6.07, 6.45) is 14.2. The van der Waals surface area contributed by atoms with E-state index in [0.717, 1.165) is 17.8 Å². The molecule has 0 amide bonds. The van der Waals surface area contributed by atoms with E-state index in [9.17, 15) is 0 Å². The summed E-state index contributed by atoms with van der Waals surface area (Å²) in [6, 6.07) is 0. The van der Waals surface area contributed by atoms with Crippen molar-refractivity contribution in [2.24, 2.45) is 28.6 Å². The van der Waals surface area contributed by atoms with E-state index < -0.39 is 0 Å². The summed E-state index contributed by atoms with van der Waals surface area (Å²) in [5.74, 6) is 2.63. The Morgan fingerprint density at radius 2 is 1.95 bits per heavy atom. The van der Waals surface area contributed by atoms with Gasteiger partial charge in [0.2, 0.25) is 0 Å². The molecule has 0 N–H and O–H groups in total. The molecule has 0 saturated heterocycles. The summed E-state index contributed by atoms with van der Waals surface area (Å²) in [6.45, 7) is 16.4. The Morgan fingerprint density at radius 3 is 2.57 bits per heavy atom. The molecule has 2 aliphatic rings. The predicted molar refractivity (Wildman–Crippen MR) is 94.3 cm³/mol. The molecule has 0 aliphatic heterocycles. The van der Waals surface area contributed by atoms with Crippen LogP contribution in [0.1, 0.15) is 79.6 Å². The summed E-state index contributed by atoms with van der Waals surface area (Å²) in [5, 5.41) is 0. The molecule has 4 unspecified atom stereocenters. The molecular formula is C21H36. The maximum Gasteiger partial charge on any atom is -0.00219 e. The lowest BCUT2D eigenvalue weighted by Gasteiger charge is -2.50. The van der Waals surface area contributed by atoms with Gasteiger partial charge >= 0.3 is 0 Å². The van der Waals surface area contributed by atoms with Crippen LogP contribution >= 0.6 is 0 Å². The highest BCUT2D eigenvalue weighted by atomic mass is 14.6. The fourth-order valence-electron chi connectivity index (χ4n) is 5.42. The third-order valence-corrected chi connectivity index (χ3v) is 7.05. The van der Waals surface area contributed by atoms with Gasteiger partial charge in [-0.05, 0) is 59.8 Å². The summed E-state index contributed by atoms with van der Waals surface area (Å²) < 4.78 is 0. The molecule has 2 aliphatic carbocycles. The Labute approximate surface area is 133 Å². The van der Waals surface area contributed by atoms with Crippen LogP contribution in [-0.4, -0.2) is 0 Å². The lowest BCUT2D eigenvalue weighted by molar-refractivity contribution is 0.0507. The Morgan fingerprint density at radius 1 is 1.24 bits per heavy atom. The minimum Gasteiger partial charge on any atom is -0.0988 e. The van der Waals surface area contributed by atoms with Crippen molar-refractivity contribution in [3.05, 3.63) is 24.3 Å². The second-order valence-electron chi connectivity index (χ2n) is 8.60. The van der Waals surface area contributed by atoms with E-state index in [1.54, 1.807) is 0 Å². The molecule has 0 aromatic rings. The first-order chi connectivity index (χ1) is 9.85. The molecule has 0 bridgehead atoms. The molecule has 4 atom stereocenters. The average molecular weight is 289 g/mol. The highest BCUT2D eigenvalue weighted by molar-refractivity contribution is 5.32. The minimum absolute atomic E-state index is 0.379. The zero-order valence-corrected chi connectivity index (χ0v) is 15.0. The van der Waals surface area contributed by atoms with Crippen molar-refractivity contribution in [1.29, 1.82) is 0 Å². The van der Waals surface area contributed by atoms with Crippen LogP contribution < -0.4 is 0 Å². The Balaban J connectivity index is 2.10. The number of fused-ring (bicyclic) bond motifs is 1. The fourth-order valence-corrected chi connectivity index (χ4v) is 5.42. The molecule has 0 spiro atoms. The van der Waals surface area contributed by atoms with Gasteiger partial charge in [-0.2, -0.15) is 0 Å². The highest BCUT2D eigenvalue weighted by Crippen LogP contribution is 2.65. The molecule has 2 rings (SSSR count). The standard InChI is InChI=1S/C21H36/c1-7-18-12-9-14-21(6)19(13-15-20(18,21)5)17(4)11-8-10-16(2)3/h7,12,16-17,19H,1,8-11,13-15H2,2-6H3. The van der Waals surface area contributed by atoms with Gasteiger partial charge in [0.25, 0.3) is 0 Å². The van der Waals surface area contributed by atoms with E-state index in [2.05, 4.69) is 53.3 Å². The highest BCUT2D eigenvalue weighted by Gasteiger charge is 2.56. The van der Waals surface area contributed by atoms with E-state index in [1.807, 2.05) is 0 Å². The molecule has 120 valence electrons. The van der Waals surface area contributed by atoms with Crippen molar-refractivity contribution >= 4 is 0 Å². The minimum atomic E-state index is 0.379. The maximum absolute atomic E-state index is 4.09. The Kier molecular flexibility index (Phi) is 5.06. The van der Waals surface area contributed by atoms with E-state index in [-0.39, 0.29) is 0 Å². The van der Waals surface area contributed by atoms with Crippen molar-refractivity contribution < 1.29 is 0 Å². The molecule has 0 heteroatoms. The first kappa shape index (κ1) is 16.8. The van der Waals surface area contributed by atoms with Crippen molar-refractivity contribution in [2.45, 2.75) is 79.6 Å². The molecule has 1 fully saturated rings. The molecule has 0 radical (unpaired) electrons. The van der Waals surface area contributed by atoms with Crippen LogP contribution in [0.2, 0.25) is 0 Å². The molecule has 1 saturated carbocycles. The topological polar surface area (TPSA) is 0 Å². The van der Waals surface area contributed by atoms with Crippen molar-refractivity contribution in [3.8, 4) is 0 Å². The first-order valence-electron chi connectivity index (χ1n) is 9.18. The van der Waals surface area contributed by atoms with E-state index in [4.69, 9.17) is 0 Å². The lowest BCUT2D eigenvalue weighted by Crippen LogP contribution is -2.42. The number of hydrogen-bond donors (Lipinski definition) is 0. The van der Waals surface area contributed by atoms with E-state index in [0.29, 0.717) is 10.8 Å². The van der Waals surface area contributed by atoms with E-state index >= 15 is 0 Å². The number of allylic oxidation sites excluding steroid dienone is 3. The molecule has 21 heavy (non-hydrogen) atoms. The summed E-state index contributed by atoms with van der Waals surface area (Å²) in [7, 11) is 0. The van der Waals surface area contributed by atoms with Gasteiger partial charge in [0.05, 0.1) is 0 Å². The van der Waals surface area contributed by atoms with Gasteiger partial charge in [0.1, 0.15) is 0 Å². The Hall–Kier alpha value is -0.520. The SMILES string of the molecule is C=CC1=CCCC2(C)C(C(C)CCCC(C)C)CCC12C. The van der Waals surface area contributed by atoms with Crippen molar-refractivity contribution in [1.82, 2.24) is 0 Å². The summed E-state index contributed by atoms with van der Waals surface area (Å²) >= 11 is 0. The third kappa shape index (κ3) is 2.88. The van der Waals surface area contributed by atoms with Gasteiger partial charge in [-0.25, -0.2) is 0 Å². The largest absolute Gasteiger partial charge is 0.0988 e. The van der Waals surface area contributed by atoms with Gasteiger partial charge in [-0.15, -0.1) is 0 Å². The normalized spacial score (nSPS) is 37.2. The smallest absolute Gasteiger partial charge is 0.00219 e. The predicted octanol–water partition coefficient (Wildman–Crippen LogP) is 6.78. The summed E-state index contributed by atoms with van der Waals surface area (Å²) in [5.41, 5.74) is 2.40. The van der Waals surface area contributed by atoms with Crippen molar-refractivity contribution in [3.63, 3.8) is 0 Å². The Bertz CT molecular complexity index is 402. The quantitative estimate of drug-likeness (QED) is 0.505. The number of rotatable bonds is 6. The summed E-state index contributed by atoms with van der Waals surface area (Å²) in [4.78, 5) is 0. The molecule has 0 aromatic carbocycles. The monoisotopic (exact) mass is 288 g/mol. The van der Waals surface area contributed by atoms with Crippen LogP contribution in [0.3, 0.4) is 0 Å². The molecule has 0 heterocycles. The third-order valence-electron chi connectivity index (χ3n) is 7.05. The van der Waals surface area contributed by atoms with Gasteiger partial charge in [-0.1, -0.05) is 72.6 Å². The van der Waals surface area contributed by atoms with Crippen LogP contribution in [0.25, 0.3) is 0 Å². The van der Waals surface area contributed by atoms with Gasteiger partial charge in [0.15, 0.2) is 0 Å². The van der Waals surface area contributed by atoms with Crippen LogP contribution in [0.5, 0.6) is 0 Å². The van der Waals surface area contributed by atoms with Gasteiger partial charge in [0, 0.05) is 0 Å². The second-order valence-corrected chi connectivity index (χ2v) is 8.60. The van der Waals surface area contributed by atoms with Crippen LogP contribution in [0, 0.1) is 28.6 Å². The molecular weight excluding hydrogens is 252 g/mol. The van der Waals surface area contributed by atoms with Gasteiger partial charge < -0.3 is 0 Å². The zero-order valence-electron chi connectivity index (χ0n) is 15.0. The molecule has 0 nitrogen and oxygen atoms in total.